The Labute approximate surface area is 112 Å². The van der Waals surface area contributed by atoms with Crippen molar-refractivity contribution in [2.45, 2.75) is 45.1 Å². The fraction of sp³-hybridized carbons (Fsp3) is 1.00. The summed E-state index contributed by atoms with van der Waals surface area (Å²) >= 11 is 0. The highest BCUT2D eigenvalue weighted by atomic mass is 16.5. The second kappa shape index (κ2) is 6.36. The zero-order valence-corrected chi connectivity index (χ0v) is 12.4. The lowest BCUT2D eigenvalue weighted by molar-refractivity contribution is 0.125. The van der Waals surface area contributed by atoms with E-state index >= 15 is 0 Å². The molecule has 2 fully saturated rings. The first kappa shape index (κ1) is 14.3. The van der Waals surface area contributed by atoms with Crippen molar-refractivity contribution in [3.63, 3.8) is 0 Å². The summed E-state index contributed by atoms with van der Waals surface area (Å²) in [6, 6.07) is 0. The van der Waals surface area contributed by atoms with Gasteiger partial charge >= 0.3 is 0 Å². The van der Waals surface area contributed by atoms with Crippen molar-refractivity contribution >= 4 is 0 Å². The maximum atomic E-state index is 5.33. The number of nitrogens with one attached hydrogen (secondary N) is 1. The Bertz CT molecular complexity index is 259. The molecule has 2 saturated heterocycles. The van der Waals surface area contributed by atoms with Gasteiger partial charge in [0.1, 0.15) is 0 Å². The number of rotatable bonds is 5. The number of hydrogen-bond acceptors (Lipinski definition) is 3. The number of hydrogen-bond donors (Lipinski definition) is 1. The van der Waals surface area contributed by atoms with Crippen LogP contribution in [0.3, 0.4) is 0 Å². The lowest BCUT2D eigenvalue weighted by atomic mass is 9.85. The van der Waals surface area contributed by atoms with Crippen molar-refractivity contribution < 1.29 is 4.74 Å². The molecule has 0 spiro atoms. The predicted octanol–water partition coefficient (Wildman–Crippen LogP) is 2.12. The fourth-order valence-corrected chi connectivity index (χ4v) is 3.87. The van der Waals surface area contributed by atoms with Gasteiger partial charge in [-0.2, -0.15) is 0 Å². The summed E-state index contributed by atoms with van der Waals surface area (Å²) in [4.78, 5) is 2.62. The summed E-state index contributed by atoms with van der Waals surface area (Å²) < 4.78 is 5.33. The summed E-state index contributed by atoms with van der Waals surface area (Å²) in [7, 11) is 1.81. The summed E-state index contributed by atoms with van der Waals surface area (Å²) in [6.45, 7) is 10.5. The monoisotopic (exact) mass is 254 g/mol. The number of piperidine rings is 1. The molecule has 3 nitrogen and oxygen atoms in total. The largest absolute Gasteiger partial charge is 0.383 e. The molecule has 0 aliphatic carbocycles. The molecule has 0 radical (unpaired) electrons. The first-order valence-corrected chi connectivity index (χ1v) is 7.61. The van der Waals surface area contributed by atoms with Crippen LogP contribution in [0, 0.1) is 11.8 Å². The molecule has 2 rings (SSSR count). The Kier molecular flexibility index (Phi) is 5.05. The van der Waals surface area contributed by atoms with Gasteiger partial charge in [0.05, 0.1) is 6.61 Å². The molecule has 0 amide bonds. The second-order valence-electron chi connectivity index (χ2n) is 6.58. The SMILES string of the molecule is CCN1CCCC(CC2CNC(C)(COC)C2)C1. The summed E-state index contributed by atoms with van der Waals surface area (Å²) in [6.07, 6.45) is 5.52. The molecule has 2 aliphatic heterocycles. The summed E-state index contributed by atoms with van der Waals surface area (Å²) in [5.41, 5.74) is 0.221. The molecule has 0 aromatic carbocycles. The minimum atomic E-state index is 0.221. The third-order valence-electron chi connectivity index (χ3n) is 4.74. The van der Waals surface area contributed by atoms with E-state index in [4.69, 9.17) is 4.74 Å². The van der Waals surface area contributed by atoms with Crippen LogP contribution in [0.5, 0.6) is 0 Å². The van der Waals surface area contributed by atoms with E-state index in [9.17, 15) is 0 Å². The van der Waals surface area contributed by atoms with Crippen LogP contribution in [-0.2, 0) is 4.74 Å². The molecule has 0 saturated carbocycles. The van der Waals surface area contributed by atoms with E-state index in [2.05, 4.69) is 24.1 Å². The van der Waals surface area contributed by atoms with Crippen LogP contribution in [-0.4, -0.2) is 50.3 Å². The van der Waals surface area contributed by atoms with Gasteiger partial charge in [0.2, 0.25) is 0 Å². The maximum Gasteiger partial charge on any atom is 0.0641 e. The van der Waals surface area contributed by atoms with Gasteiger partial charge in [0.25, 0.3) is 0 Å². The van der Waals surface area contributed by atoms with Gasteiger partial charge in [0, 0.05) is 19.2 Å². The lowest BCUT2D eigenvalue weighted by Gasteiger charge is -2.33. The van der Waals surface area contributed by atoms with Gasteiger partial charge in [-0.15, -0.1) is 0 Å². The molecule has 2 aliphatic rings. The normalized spacial score (nSPS) is 38.2. The van der Waals surface area contributed by atoms with E-state index in [1.165, 1.54) is 51.9 Å². The fourth-order valence-electron chi connectivity index (χ4n) is 3.87. The van der Waals surface area contributed by atoms with Crippen molar-refractivity contribution in [3.8, 4) is 0 Å². The average Bonchev–Trinajstić information content (AvgIpc) is 2.71. The zero-order chi connectivity index (χ0) is 13.0. The third-order valence-corrected chi connectivity index (χ3v) is 4.74. The molecule has 3 atom stereocenters. The van der Waals surface area contributed by atoms with Crippen LogP contribution in [0.2, 0.25) is 0 Å². The van der Waals surface area contributed by atoms with Crippen LogP contribution in [0.15, 0.2) is 0 Å². The highest BCUT2D eigenvalue weighted by Crippen LogP contribution is 2.31. The van der Waals surface area contributed by atoms with E-state index in [1.807, 2.05) is 0 Å². The van der Waals surface area contributed by atoms with Crippen molar-refractivity contribution in [3.05, 3.63) is 0 Å². The van der Waals surface area contributed by atoms with Gasteiger partial charge in [-0.1, -0.05) is 6.92 Å². The molecular formula is C15H30N2O. The quantitative estimate of drug-likeness (QED) is 0.813. The number of ether oxygens (including phenoxy) is 1. The smallest absolute Gasteiger partial charge is 0.0641 e. The topological polar surface area (TPSA) is 24.5 Å². The molecule has 0 bridgehead atoms. The first-order chi connectivity index (χ1) is 8.65. The van der Waals surface area contributed by atoms with Crippen LogP contribution >= 0.6 is 0 Å². The van der Waals surface area contributed by atoms with Crippen LogP contribution in [0.25, 0.3) is 0 Å². The highest BCUT2D eigenvalue weighted by Gasteiger charge is 2.35. The molecular weight excluding hydrogens is 224 g/mol. The summed E-state index contributed by atoms with van der Waals surface area (Å²) in [5, 5.41) is 3.66. The molecule has 0 aromatic rings. The molecule has 1 N–H and O–H groups in total. The maximum absolute atomic E-state index is 5.33. The Morgan fingerprint density at radius 1 is 1.39 bits per heavy atom. The van der Waals surface area contributed by atoms with E-state index in [-0.39, 0.29) is 5.54 Å². The van der Waals surface area contributed by atoms with Gasteiger partial charge in [-0.05, 0) is 64.1 Å². The van der Waals surface area contributed by atoms with Crippen LogP contribution in [0.1, 0.15) is 39.5 Å². The average molecular weight is 254 g/mol. The van der Waals surface area contributed by atoms with Gasteiger partial charge < -0.3 is 15.0 Å². The van der Waals surface area contributed by atoms with Crippen LogP contribution in [0.4, 0.5) is 0 Å². The Morgan fingerprint density at radius 2 is 2.22 bits per heavy atom. The summed E-state index contributed by atoms with van der Waals surface area (Å²) in [5.74, 6) is 1.78. The van der Waals surface area contributed by atoms with Crippen molar-refractivity contribution in [1.82, 2.24) is 10.2 Å². The van der Waals surface area contributed by atoms with E-state index in [0.29, 0.717) is 0 Å². The highest BCUT2D eigenvalue weighted by molar-refractivity contribution is 4.94. The lowest BCUT2D eigenvalue weighted by Crippen LogP contribution is -2.40. The first-order valence-electron chi connectivity index (χ1n) is 7.61. The Hall–Kier alpha value is -0.120. The van der Waals surface area contributed by atoms with Gasteiger partial charge in [-0.25, -0.2) is 0 Å². The number of likely N-dealkylation sites (tertiary alicyclic amines) is 1. The van der Waals surface area contributed by atoms with Crippen molar-refractivity contribution in [2.75, 3.05) is 39.9 Å². The minimum absolute atomic E-state index is 0.221. The predicted molar refractivity (Wildman–Crippen MR) is 75.8 cm³/mol. The molecule has 0 aromatic heterocycles. The van der Waals surface area contributed by atoms with E-state index < -0.39 is 0 Å². The van der Waals surface area contributed by atoms with E-state index in [0.717, 1.165) is 18.4 Å². The molecule has 2 heterocycles. The van der Waals surface area contributed by atoms with Crippen LogP contribution < -0.4 is 5.32 Å². The molecule has 18 heavy (non-hydrogen) atoms. The third kappa shape index (κ3) is 3.69. The van der Waals surface area contributed by atoms with E-state index in [1.54, 1.807) is 7.11 Å². The molecule has 106 valence electrons. The zero-order valence-electron chi connectivity index (χ0n) is 12.4. The van der Waals surface area contributed by atoms with Crippen molar-refractivity contribution in [2.24, 2.45) is 11.8 Å². The minimum Gasteiger partial charge on any atom is -0.383 e. The molecule has 3 heteroatoms. The number of nitrogens with zero attached hydrogens (tertiary/aromatic N) is 1. The van der Waals surface area contributed by atoms with Crippen molar-refractivity contribution in [1.29, 1.82) is 0 Å². The number of methoxy groups -OCH3 is 1. The standard InChI is InChI=1S/C15H30N2O/c1-4-17-7-5-6-13(11-17)8-14-9-15(2,12-18-3)16-10-14/h13-14,16H,4-12H2,1-3H3. The second-order valence-corrected chi connectivity index (χ2v) is 6.58. The Morgan fingerprint density at radius 3 is 2.94 bits per heavy atom. The Balaban J connectivity index is 1.77. The van der Waals surface area contributed by atoms with Gasteiger partial charge in [-0.3, -0.25) is 0 Å². The van der Waals surface area contributed by atoms with Gasteiger partial charge in [0.15, 0.2) is 0 Å². The molecule has 3 unspecified atom stereocenters.